The number of benzene rings is 2. The minimum absolute atomic E-state index is 0.0809. The Morgan fingerprint density at radius 2 is 1.87 bits per heavy atom. The molecule has 1 aromatic heterocycles. The number of carbonyl (C=O) groups excluding carboxylic acids is 2. The van der Waals surface area contributed by atoms with E-state index in [0.717, 1.165) is 11.0 Å². The van der Waals surface area contributed by atoms with Gasteiger partial charge in [-0.3, -0.25) is 14.2 Å². The highest BCUT2D eigenvalue weighted by molar-refractivity contribution is 6.02. The van der Waals surface area contributed by atoms with Crippen LogP contribution in [0.3, 0.4) is 0 Å². The van der Waals surface area contributed by atoms with Gasteiger partial charge in [0.15, 0.2) is 0 Å². The lowest BCUT2D eigenvalue weighted by Crippen LogP contribution is -2.18. The molecule has 3 rings (SSSR count). The normalized spacial score (nSPS) is 10.9. The van der Waals surface area contributed by atoms with E-state index in [1.165, 1.54) is 10.9 Å². The average molecular weight is 307 g/mol. The van der Waals surface area contributed by atoms with Crippen LogP contribution in [0.2, 0.25) is 0 Å². The zero-order chi connectivity index (χ0) is 16.4. The van der Waals surface area contributed by atoms with E-state index >= 15 is 0 Å². The first-order chi connectivity index (χ1) is 11.1. The first-order valence-corrected chi connectivity index (χ1v) is 7.44. The largest absolute Gasteiger partial charge is 0.326 e. The second-order valence-electron chi connectivity index (χ2n) is 5.63. The van der Waals surface area contributed by atoms with Gasteiger partial charge in [0.05, 0.1) is 11.0 Å². The number of nitrogens with zero attached hydrogens (tertiary/aromatic N) is 2. The standard InChI is InChI=1S/C18H17N3O2/c1-12(2)17(22)20-14-7-5-6-13(10-14)18(23)21-11-19-15-8-3-4-9-16(15)21/h3-12H,1-2H3,(H,20,22). The molecule has 1 heterocycles. The van der Waals surface area contributed by atoms with Crippen LogP contribution in [0.4, 0.5) is 5.69 Å². The van der Waals surface area contributed by atoms with E-state index in [0.29, 0.717) is 11.3 Å². The molecule has 3 aromatic rings. The fourth-order valence-corrected chi connectivity index (χ4v) is 2.28. The van der Waals surface area contributed by atoms with Crippen LogP contribution in [0.25, 0.3) is 11.0 Å². The van der Waals surface area contributed by atoms with Crippen molar-refractivity contribution < 1.29 is 9.59 Å². The molecule has 1 N–H and O–H groups in total. The third-order valence-corrected chi connectivity index (χ3v) is 3.57. The Morgan fingerprint density at radius 3 is 2.65 bits per heavy atom. The Morgan fingerprint density at radius 1 is 1.09 bits per heavy atom. The van der Waals surface area contributed by atoms with Crippen molar-refractivity contribution in [3.05, 3.63) is 60.4 Å². The monoisotopic (exact) mass is 307 g/mol. The molecule has 0 atom stereocenters. The van der Waals surface area contributed by atoms with Crippen LogP contribution in [0.15, 0.2) is 54.9 Å². The molecule has 0 fully saturated rings. The maximum Gasteiger partial charge on any atom is 0.263 e. The number of hydrogen-bond acceptors (Lipinski definition) is 3. The molecular weight excluding hydrogens is 290 g/mol. The van der Waals surface area contributed by atoms with Crippen molar-refractivity contribution in [1.29, 1.82) is 0 Å². The number of rotatable bonds is 3. The van der Waals surface area contributed by atoms with Gasteiger partial charge in [-0.05, 0) is 30.3 Å². The van der Waals surface area contributed by atoms with Crippen LogP contribution in [-0.4, -0.2) is 21.4 Å². The van der Waals surface area contributed by atoms with Crippen LogP contribution in [0.5, 0.6) is 0 Å². The van der Waals surface area contributed by atoms with Crippen molar-refractivity contribution in [1.82, 2.24) is 9.55 Å². The molecule has 2 aromatic carbocycles. The summed E-state index contributed by atoms with van der Waals surface area (Å²) in [4.78, 5) is 28.7. The number of carbonyl (C=O) groups is 2. The molecule has 0 saturated carbocycles. The number of aromatic nitrogens is 2. The van der Waals surface area contributed by atoms with Gasteiger partial charge in [-0.2, -0.15) is 0 Å². The van der Waals surface area contributed by atoms with E-state index in [1.54, 1.807) is 24.3 Å². The smallest absolute Gasteiger partial charge is 0.263 e. The summed E-state index contributed by atoms with van der Waals surface area (Å²) in [6, 6.07) is 14.4. The zero-order valence-electron chi connectivity index (χ0n) is 13.0. The predicted molar refractivity (Wildman–Crippen MR) is 89.4 cm³/mol. The minimum atomic E-state index is -0.181. The Kier molecular flexibility index (Phi) is 3.93. The molecule has 0 unspecified atom stereocenters. The molecule has 5 nitrogen and oxygen atoms in total. The number of amides is 1. The van der Waals surface area contributed by atoms with Gasteiger partial charge in [-0.15, -0.1) is 0 Å². The van der Waals surface area contributed by atoms with Gasteiger partial charge in [0.2, 0.25) is 5.91 Å². The van der Waals surface area contributed by atoms with E-state index in [9.17, 15) is 9.59 Å². The van der Waals surface area contributed by atoms with E-state index < -0.39 is 0 Å². The molecular formula is C18H17N3O2. The second kappa shape index (κ2) is 6.04. The summed E-state index contributed by atoms with van der Waals surface area (Å²) in [7, 11) is 0. The van der Waals surface area contributed by atoms with Gasteiger partial charge < -0.3 is 5.32 Å². The molecule has 5 heteroatoms. The average Bonchev–Trinajstić information content (AvgIpc) is 2.98. The quantitative estimate of drug-likeness (QED) is 0.807. The third kappa shape index (κ3) is 2.99. The Bertz CT molecular complexity index is 881. The Hall–Kier alpha value is -2.95. The van der Waals surface area contributed by atoms with Crippen molar-refractivity contribution in [2.45, 2.75) is 13.8 Å². The zero-order valence-corrected chi connectivity index (χ0v) is 13.0. The molecule has 1 amide bonds. The van der Waals surface area contributed by atoms with Gasteiger partial charge in [0.1, 0.15) is 6.33 Å². The van der Waals surface area contributed by atoms with Crippen LogP contribution in [0.1, 0.15) is 24.2 Å². The maximum absolute atomic E-state index is 12.7. The Balaban J connectivity index is 1.92. The van der Waals surface area contributed by atoms with Crippen LogP contribution in [-0.2, 0) is 4.79 Å². The molecule has 0 radical (unpaired) electrons. The van der Waals surface area contributed by atoms with Gasteiger partial charge in [-0.25, -0.2) is 4.98 Å². The number of nitrogens with one attached hydrogen (secondary N) is 1. The molecule has 0 saturated heterocycles. The number of anilines is 1. The molecule has 0 spiro atoms. The molecule has 0 aliphatic heterocycles. The van der Waals surface area contributed by atoms with Crippen molar-refractivity contribution in [3.63, 3.8) is 0 Å². The van der Waals surface area contributed by atoms with E-state index in [2.05, 4.69) is 10.3 Å². The molecule has 0 aliphatic carbocycles. The highest BCUT2D eigenvalue weighted by Gasteiger charge is 2.13. The Labute approximate surface area is 134 Å². The molecule has 116 valence electrons. The van der Waals surface area contributed by atoms with Gasteiger partial charge in [-0.1, -0.05) is 32.0 Å². The number of fused-ring (bicyclic) bond motifs is 1. The SMILES string of the molecule is CC(C)C(=O)Nc1cccc(C(=O)n2cnc3ccccc32)c1. The third-order valence-electron chi connectivity index (χ3n) is 3.57. The van der Waals surface area contributed by atoms with Gasteiger partial charge in [0, 0.05) is 17.2 Å². The van der Waals surface area contributed by atoms with Crippen LogP contribution in [0, 0.1) is 5.92 Å². The van der Waals surface area contributed by atoms with Gasteiger partial charge >= 0.3 is 0 Å². The lowest BCUT2D eigenvalue weighted by Gasteiger charge is -2.09. The summed E-state index contributed by atoms with van der Waals surface area (Å²) >= 11 is 0. The van der Waals surface area contributed by atoms with E-state index in [-0.39, 0.29) is 17.7 Å². The topological polar surface area (TPSA) is 64.0 Å². The highest BCUT2D eigenvalue weighted by atomic mass is 16.2. The maximum atomic E-state index is 12.7. The van der Waals surface area contributed by atoms with Crippen molar-refractivity contribution in [2.75, 3.05) is 5.32 Å². The lowest BCUT2D eigenvalue weighted by atomic mass is 10.1. The van der Waals surface area contributed by atoms with Crippen LogP contribution < -0.4 is 5.32 Å². The second-order valence-corrected chi connectivity index (χ2v) is 5.63. The van der Waals surface area contributed by atoms with Crippen LogP contribution >= 0.6 is 0 Å². The summed E-state index contributed by atoms with van der Waals surface area (Å²) in [6.45, 7) is 3.64. The van der Waals surface area contributed by atoms with Crippen molar-refractivity contribution >= 4 is 28.5 Å². The summed E-state index contributed by atoms with van der Waals surface area (Å²) in [5.41, 5.74) is 2.63. The summed E-state index contributed by atoms with van der Waals surface area (Å²) in [6.07, 6.45) is 1.52. The highest BCUT2D eigenvalue weighted by Crippen LogP contribution is 2.17. The molecule has 0 aliphatic rings. The van der Waals surface area contributed by atoms with Gasteiger partial charge in [0.25, 0.3) is 5.91 Å². The van der Waals surface area contributed by atoms with Crippen molar-refractivity contribution in [3.8, 4) is 0 Å². The first kappa shape index (κ1) is 15.0. The number of hydrogen-bond donors (Lipinski definition) is 1. The molecule has 0 bridgehead atoms. The van der Waals surface area contributed by atoms with E-state index in [4.69, 9.17) is 0 Å². The lowest BCUT2D eigenvalue weighted by molar-refractivity contribution is -0.118. The van der Waals surface area contributed by atoms with E-state index in [1.807, 2.05) is 38.1 Å². The summed E-state index contributed by atoms with van der Waals surface area (Å²) in [5, 5.41) is 2.80. The molecule has 23 heavy (non-hydrogen) atoms. The number of para-hydroxylation sites is 2. The summed E-state index contributed by atoms with van der Waals surface area (Å²) < 4.78 is 1.51. The fraction of sp³-hybridized carbons (Fsp3) is 0.167. The first-order valence-electron chi connectivity index (χ1n) is 7.44. The minimum Gasteiger partial charge on any atom is -0.326 e. The summed E-state index contributed by atoms with van der Waals surface area (Å²) in [5.74, 6) is -0.381. The number of imidazole rings is 1. The van der Waals surface area contributed by atoms with Crippen molar-refractivity contribution in [2.24, 2.45) is 5.92 Å². The predicted octanol–water partition coefficient (Wildman–Crippen LogP) is 3.32. The fourth-order valence-electron chi connectivity index (χ4n) is 2.28.